The minimum atomic E-state index is -0.247. The van der Waals surface area contributed by atoms with Crippen molar-refractivity contribution in [2.24, 2.45) is 5.73 Å². The number of carbonyl (C=O) groups excluding carboxylic acids is 1. The molecule has 1 aromatic rings. The lowest BCUT2D eigenvalue weighted by atomic mass is 10.1. The fourth-order valence-corrected chi connectivity index (χ4v) is 1.99. The Kier molecular flexibility index (Phi) is 4.01. The fourth-order valence-electron chi connectivity index (χ4n) is 1.07. The molecule has 0 radical (unpaired) electrons. The molecule has 76 valence electrons. The lowest BCUT2D eigenvalue weighted by molar-refractivity contribution is -0.117. The third-order valence-corrected chi connectivity index (χ3v) is 3.36. The summed E-state index contributed by atoms with van der Waals surface area (Å²) in [6.45, 7) is 3.91. The highest BCUT2D eigenvalue weighted by molar-refractivity contribution is 7.99. The van der Waals surface area contributed by atoms with Gasteiger partial charge in [0.25, 0.3) is 0 Å². The van der Waals surface area contributed by atoms with Gasteiger partial charge in [-0.25, -0.2) is 0 Å². The van der Waals surface area contributed by atoms with Gasteiger partial charge in [-0.3, -0.25) is 4.79 Å². The number of hydrogen-bond acceptors (Lipinski definition) is 2. The first-order valence-corrected chi connectivity index (χ1v) is 5.61. The normalized spacial score (nSPS) is 12.4. The zero-order valence-electron chi connectivity index (χ0n) is 8.49. The Bertz CT molecular complexity index is 325. The second-order valence-electron chi connectivity index (χ2n) is 3.28. The maximum Gasteiger partial charge on any atom is 0.230 e. The van der Waals surface area contributed by atoms with Gasteiger partial charge >= 0.3 is 0 Å². The summed E-state index contributed by atoms with van der Waals surface area (Å²) in [7, 11) is 0. The third-order valence-electron chi connectivity index (χ3n) is 2.15. The van der Waals surface area contributed by atoms with Crippen LogP contribution in [0.3, 0.4) is 0 Å². The summed E-state index contributed by atoms with van der Waals surface area (Å²) >= 11 is 1.58. The zero-order chi connectivity index (χ0) is 10.6. The molecule has 0 fully saturated rings. The minimum Gasteiger partial charge on any atom is -0.369 e. The number of thioether (sulfide) groups is 1. The van der Waals surface area contributed by atoms with Crippen molar-refractivity contribution in [3.8, 4) is 0 Å². The third kappa shape index (κ3) is 3.07. The molecule has 0 aliphatic carbocycles. The van der Waals surface area contributed by atoms with E-state index in [2.05, 4.69) is 19.1 Å². The summed E-state index contributed by atoms with van der Waals surface area (Å²) in [5, 5.41) is -0.116. The summed E-state index contributed by atoms with van der Waals surface area (Å²) in [5.41, 5.74) is 7.71. The van der Waals surface area contributed by atoms with Gasteiger partial charge in [0.15, 0.2) is 0 Å². The van der Waals surface area contributed by atoms with Crippen molar-refractivity contribution in [3.63, 3.8) is 0 Å². The zero-order valence-corrected chi connectivity index (χ0v) is 9.30. The first kappa shape index (κ1) is 11.1. The van der Waals surface area contributed by atoms with E-state index in [1.54, 1.807) is 11.8 Å². The first-order valence-electron chi connectivity index (χ1n) is 4.56. The molecule has 0 spiro atoms. The average molecular weight is 209 g/mol. The van der Waals surface area contributed by atoms with E-state index in [1.165, 1.54) is 11.1 Å². The van der Waals surface area contributed by atoms with Gasteiger partial charge in [-0.1, -0.05) is 24.3 Å². The number of hydrogen-bond donors (Lipinski definition) is 1. The Balaban J connectivity index is 2.54. The number of aryl methyl sites for hydroxylation is 1. The highest BCUT2D eigenvalue weighted by Crippen LogP contribution is 2.19. The Morgan fingerprint density at radius 1 is 1.50 bits per heavy atom. The number of carbonyl (C=O) groups is 1. The van der Waals surface area contributed by atoms with Crippen LogP contribution < -0.4 is 5.73 Å². The monoisotopic (exact) mass is 209 g/mol. The molecule has 1 amide bonds. The number of rotatable bonds is 4. The molecule has 0 bridgehead atoms. The van der Waals surface area contributed by atoms with Crippen molar-refractivity contribution in [1.29, 1.82) is 0 Å². The SMILES string of the molecule is Cc1ccccc1CSC(C)C(N)=O. The van der Waals surface area contributed by atoms with E-state index in [1.807, 2.05) is 19.1 Å². The molecule has 1 aromatic carbocycles. The molecule has 14 heavy (non-hydrogen) atoms. The van der Waals surface area contributed by atoms with Crippen LogP contribution in [0.1, 0.15) is 18.1 Å². The van der Waals surface area contributed by atoms with Gasteiger partial charge < -0.3 is 5.73 Å². The van der Waals surface area contributed by atoms with E-state index >= 15 is 0 Å². The fraction of sp³-hybridized carbons (Fsp3) is 0.364. The van der Waals surface area contributed by atoms with Crippen LogP contribution in [0.15, 0.2) is 24.3 Å². The van der Waals surface area contributed by atoms with Crippen LogP contribution in [0.5, 0.6) is 0 Å². The van der Waals surface area contributed by atoms with Crippen LogP contribution in [0.25, 0.3) is 0 Å². The summed E-state index contributed by atoms with van der Waals surface area (Å²) in [5.74, 6) is 0.597. The van der Waals surface area contributed by atoms with Crippen LogP contribution >= 0.6 is 11.8 Å². The highest BCUT2D eigenvalue weighted by atomic mass is 32.2. The summed E-state index contributed by atoms with van der Waals surface area (Å²) in [4.78, 5) is 10.8. The van der Waals surface area contributed by atoms with Crippen molar-refractivity contribution in [2.45, 2.75) is 24.9 Å². The minimum absolute atomic E-state index is 0.116. The van der Waals surface area contributed by atoms with E-state index in [4.69, 9.17) is 5.73 Å². The maximum atomic E-state index is 10.8. The van der Waals surface area contributed by atoms with Crippen molar-refractivity contribution in [2.75, 3.05) is 0 Å². The number of benzene rings is 1. The van der Waals surface area contributed by atoms with Crippen LogP contribution in [0, 0.1) is 6.92 Å². The Hall–Kier alpha value is -0.960. The van der Waals surface area contributed by atoms with Gasteiger partial charge in [0, 0.05) is 5.75 Å². The molecule has 3 heteroatoms. The van der Waals surface area contributed by atoms with Crippen molar-refractivity contribution >= 4 is 17.7 Å². The highest BCUT2D eigenvalue weighted by Gasteiger charge is 2.09. The molecule has 1 rings (SSSR count). The van der Waals surface area contributed by atoms with Crippen molar-refractivity contribution in [1.82, 2.24) is 0 Å². The van der Waals surface area contributed by atoms with Gasteiger partial charge in [-0.2, -0.15) is 0 Å². The van der Waals surface area contributed by atoms with Crippen LogP contribution in [0.2, 0.25) is 0 Å². The topological polar surface area (TPSA) is 43.1 Å². The van der Waals surface area contributed by atoms with E-state index < -0.39 is 0 Å². The van der Waals surface area contributed by atoms with Crippen LogP contribution in [-0.4, -0.2) is 11.2 Å². The second kappa shape index (κ2) is 5.05. The number of amides is 1. The molecule has 0 heterocycles. The maximum absolute atomic E-state index is 10.8. The van der Waals surface area contributed by atoms with Crippen LogP contribution in [0.4, 0.5) is 0 Å². The largest absolute Gasteiger partial charge is 0.369 e. The summed E-state index contributed by atoms with van der Waals surface area (Å²) in [6.07, 6.45) is 0. The first-order chi connectivity index (χ1) is 6.61. The van der Waals surface area contributed by atoms with Gasteiger partial charge in [0.2, 0.25) is 5.91 Å². The second-order valence-corrected chi connectivity index (χ2v) is 4.61. The molecule has 0 saturated heterocycles. The van der Waals surface area contributed by atoms with Crippen molar-refractivity contribution in [3.05, 3.63) is 35.4 Å². The van der Waals surface area contributed by atoms with Crippen molar-refractivity contribution < 1.29 is 4.79 Å². The van der Waals surface area contributed by atoms with Gasteiger partial charge in [0.05, 0.1) is 5.25 Å². The molecule has 0 saturated carbocycles. The standard InChI is InChI=1S/C11H15NOS/c1-8-5-3-4-6-10(8)7-14-9(2)11(12)13/h3-6,9H,7H2,1-2H3,(H2,12,13). The van der Waals surface area contributed by atoms with E-state index in [-0.39, 0.29) is 11.2 Å². The summed E-state index contributed by atoms with van der Waals surface area (Å²) in [6, 6.07) is 8.18. The van der Waals surface area contributed by atoms with E-state index in [0.717, 1.165) is 5.75 Å². The van der Waals surface area contributed by atoms with Gasteiger partial charge in [0.1, 0.15) is 0 Å². The average Bonchev–Trinajstić information content (AvgIpc) is 2.16. The van der Waals surface area contributed by atoms with E-state index in [9.17, 15) is 4.79 Å². The van der Waals surface area contributed by atoms with Crippen LogP contribution in [-0.2, 0) is 10.5 Å². The van der Waals surface area contributed by atoms with Gasteiger partial charge in [-0.05, 0) is 25.0 Å². The Morgan fingerprint density at radius 3 is 2.71 bits per heavy atom. The molecule has 0 aliphatic rings. The molecular weight excluding hydrogens is 194 g/mol. The molecule has 0 aromatic heterocycles. The lowest BCUT2D eigenvalue weighted by Crippen LogP contribution is -2.22. The number of primary amides is 1. The molecular formula is C11H15NOS. The lowest BCUT2D eigenvalue weighted by Gasteiger charge is -2.08. The molecule has 1 unspecified atom stereocenters. The molecule has 0 aliphatic heterocycles. The van der Waals surface area contributed by atoms with E-state index in [0.29, 0.717) is 0 Å². The quantitative estimate of drug-likeness (QED) is 0.825. The molecule has 2 N–H and O–H groups in total. The Morgan fingerprint density at radius 2 is 2.14 bits per heavy atom. The molecule has 1 atom stereocenters. The Labute approximate surface area is 88.9 Å². The summed E-state index contributed by atoms with van der Waals surface area (Å²) < 4.78 is 0. The predicted molar refractivity (Wildman–Crippen MR) is 61.1 cm³/mol. The predicted octanol–water partition coefficient (Wildman–Crippen LogP) is 2.10. The smallest absolute Gasteiger partial charge is 0.230 e. The van der Waals surface area contributed by atoms with Gasteiger partial charge in [-0.15, -0.1) is 11.8 Å². The number of nitrogens with two attached hydrogens (primary N) is 1. The molecule has 2 nitrogen and oxygen atoms in total.